The van der Waals surface area contributed by atoms with Gasteiger partial charge in [0.05, 0.1) is 5.56 Å². The second kappa shape index (κ2) is 4.90. The third-order valence-electron chi connectivity index (χ3n) is 2.04. The Morgan fingerprint density at radius 1 is 1.33 bits per heavy atom. The van der Waals surface area contributed by atoms with Crippen molar-refractivity contribution in [1.82, 2.24) is 0 Å². The summed E-state index contributed by atoms with van der Waals surface area (Å²) in [5.41, 5.74) is 4.97. The highest BCUT2D eigenvalue weighted by Gasteiger charge is 2.33. The number of benzene rings is 1. The van der Waals surface area contributed by atoms with Crippen molar-refractivity contribution in [2.75, 3.05) is 12.8 Å². The summed E-state index contributed by atoms with van der Waals surface area (Å²) in [6.07, 6.45) is -2.29. The molecule has 84 valence electrons. The van der Waals surface area contributed by atoms with Crippen LogP contribution in [0.1, 0.15) is 11.1 Å². The van der Waals surface area contributed by atoms with Crippen molar-refractivity contribution in [3.63, 3.8) is 0 Å². The van der Waals surface area contributed by atoms with Crippen LogP contribution in [0.25, 0.3) is 0 Å². The van der Waals surface area contributed by atoms with Gasteiger partial charge in [-0.05, 0) is 36.9 Å². The van der Waals surface area contributed by atoms with Crippen LogP contribution < -0.4 is 5.73 Å². The first-order chi connectivity index (χ1) is 6.99. The van der Waals surface area contributed by atoms with Crippen LogP contribution in [0.4, 0.5) is 13.2 Å². The maximum Gasteiger partial charge on any atom is 0.416 e. The molecule has 0 aromatic heterocycles. The standard InChI is InChI=1S/C10H12F3NS/c1-15-8-3-2-7(4-5-14)9(6-8)10(11,12)13/h2-3,6H,4-5,14H2,1H3. The van der Waals surface area contributed by atoms with Crippen LogP contribution in [-0.2, 0) is 12.6 Å². The topological polar surface area (TPSA) is 26.0 Å². The molecule has 1 aromatic rings. The van der Waals surface area contributed by atoms with Crippen molar-refractivity contribution in [3.05, 3.63) is 29.3 Å². The molecule has 0 saturated carbocycles. The average molecular weight is 235 g/mol. The average Bonchev–Trinajstić information content (AvgIpc) is 2.17. The Hall–Kier alpha value is -0.680. The molecule has 0 bridgehead atoms. The van der Waals surface area contributed by atoms with Gasteiger partial charge in [0.2, 0.25) is 0 Å². The smallest absolute Gasteiger partial charge is 0.330 e. The normalized spacial score (nSPS) is 11.8. The summed E-state index contributed by atoms with van der Waals surface area (Å²) >= 11 is 1.29. The van der Waals surface area contributed by atoms with Gasteiger partial charge in [-0.2, -0.15) is 13.2 Å². The Balaban J connectivity index is 3.16. The highest BCUT2D eigenvalue weighted by atomic mass is 32.2. The number of nitrogens with two attached hydrogens (primary N) is 1. The molecule has 15 heavy (non-hydrogen) atoms. The van der Waals surface area contributed by atoms with E-state index in [1.807, 2.05) is 0 Å². The molecule has 1 nitrogen and oxygen atoms in total. The molecule has 0 aliphatic heterocycles. The Kier molecular flexibility index (Phi) is 4.04. The van der Waals surface area contributed by atoms with Crippen LogP contribution >= 0.6 is 11.8 Å². The highest BCUT2D eigenvalue weighted by molar-refractivity contribution is 7.98. The van der Waals surface area contributed by atoms with Crippen LogP contribution in [0, 0.1) is 0 Å². The summed E-state index contributed by atoms with van der Waals surface area (Å²) in [6, 6.07) is 4.36. The van der Waals surface area contributed by atoms with Crippen molar-refractivity contribution in [2.45, 2.75) is 17.5 Å². The van der Waals surface area contributed by atoms with Gasteiger partial charge in [-0.1, -0.05) is 6.07 Å². The lowest BCUT2D eigenvalue weighted by atomic mass is 10.0. The zero-order valence-electron chi connectivity index (χ0n) is 8.27. The molecule has 1 rings (SSSR count). The number of thioether (sulfide) groups is 1. The minimum absolute atomic E-state index is 0.224. The van der Waals surface area contributed by atoms with E-state index < -0.39 is 11.7 Å². The molecule has 0 spiro atoms. The van der Waals surface area contributed by atoms with Gasteiger partial charge in [-0.3, -0.25) is 0 Å². The summed E-state index contributed by atoms with van der Waals surface area (Å²) in [6.45, 7) is 0.224. The van der Waals surface area contributed by atoms with Crippen LogP contribution in [0.5, 0.6) is 0 Å². The summed E-state index contributed by atoms with van der Waals surface area (Å²) in [4.78, 5) is 0.614. The van der Waals surface area contributed by atoms with E-state index in [0.29, 0.717) is 4.90 Å². The quantitative estimate of drug-likeness (QED) is 0.815. The molecule has 0 amide bonds. The van der Waals surface area contributed by atoms with Gasteiger partial charge < -0.3 is 5.73 Å². The minimum Gasteiger partial charge on any atom is -0.330 e. The van der Waals surface area contributed by atoms with Gasteiger partial charge in [-0.25, -0.2) is 0 Å². The Labute approximate surface area is 90.9 Å². The molecular weight excluding hydrogens is 223 g/mol. The summed E-state index contributed by atoms with van der Waals surface area (Å²) in [5.74, 6) is 0. The lowest BCUT2D eigenvalue weighted by Crippen LogP contribution is -2.12. The number of halogens is 3. The minimum atomic E-state index is -4.30. The summed E-state index contributed by atoms with van der Waals surface area (Å²) in [5, 5.41) is 0. The van der Waals surface area contributed by atoms with E-state index in [1.165, 1.54) is 23.9 Å². The summed E-state index contributed by atoms with van der Waals surface area (Å²) in [7, 11) is 0. The largest absolute Gasteiger partial charge is 0.416 e. The number of hydrogen-bond donors (Lipinski definition) is 1. The maximum absolute atomic E-state index is 12.6. The lowest BCUT2D eigenvalue weighted by molar-refractivity contribution is -0.138. The number of hydrogen-bond acceptors (Lipinski definition) is 2. The molecule has 5 heteroatoms. The van der Waals surface area contributed by atoms with Crippen molar-refractivity contribution >= 4 is 11.8 Å². The van der Waals surface area contributed by atoms with Crippen molar-refractivity contribution in [1.29, 1.82) is 0 Å². The molecule has 2 N–H and O–H groups in total. The van der Waals surface area contributed by atoms with E-state index in [9.17, 15) is 13.2 Å². The molecule has 1 aromatic carbocycles. The third kappa shape index (κ3) is 3.14. The van der Waals surface area contributed by atoms with E-state index in [-0.39, 0.29) is 18.5 Å². The van der Waals surface area contributed by atoms with Crippen LogP contribution in [0.2, 0.25) is 0 Å². The fourth-order valence-electron chi connectivity index (χ4n) is 1.32. The molecule has 0 heterocycles. The molecule has 0 unspecified atom stereocenters. The first-order valence-corrected chi connectivity index (χ1v) is 5.65. The number of alkyl halides is 3. The van der Waals surface area contributed by atoms with Gasteiger partial charge in [0.15, 0.2) is 0 Å². The molecule has 0 fully saturated rings. The highest BCUT2D eigenvalue weighted by Crippen LogP contribution is 2.34. The third-order valence-corrected chi connectivity index (χ3v) is 2.76. The molecule has 0 saturated heterocycles. The van der Waals surface area contributed by atoms with E-state index in [2.05, 4.69) is 0 Å². The van der Waals surface area contributed by atoms with E-state index in [4.69, 9.17) is 5.73 Å². The van der Waals surface area contributed by atoms with Gasteiger partial charge in [0.25, 0.3) is 0 Å². The maximum atomic E-state index is 12.6. The van der Waals surface area contributed by atoms with Crippen molar-refractivity contribution in [2.24, 2.45) is 5.73 Å². The van der Waals surface area contributed by atoms with E-state index >= 15 is 0 Å². The van der Waals surface area contributed by atoms with Crippen molar-refractivity contribution in [3.8, 4) is 0 Å². The van der Waals surface area contributed by atoms with Crippen molar-refractivity contribution < 1.29 is 13.2 Å². The van der Waals surface area contributed by atoms with Crippen LogP contribution in [-0.4, -0.2) is 12.8 Å². The molecule has 0 aliphatic carbocycles. The fraction of sp³-hybridized carbons (Fsp3) is 0.400. The first-order valence-electron chi connectivity index (χ1n) is 4.43. The first kappa shape index (κ1) is 12.4. The molecular formula is C10H12F3NS. The van der Waals surface area contributed by atoms with Gasteiger partial charge in [0, 0.05) is 4.90 Å². The number of rotatable bonds is 3. The zero-order chi connectivity index (χ0) is 11.5. The SMILES string of the molecule is CSc1ccc(CCN)c(C(F)(F)F)c1. The second-order valence-corrected chi connectivity index (χ2v) is 3.94. The zero-order valence-corrected chi connectivity index (χ0v) is 9.08. The van der Waals surface area contributed by atoms with Crippen LogP contribution in [0.3, 0.4) is 0 Å². The van der Waals surface area contributed by atoms with Gasteiger partial charge in [-0.15, -0.1) is 11.8 Å². The monoisotopic (exact) mass is 235 g/mol. The van der Waals surface area contributed by atoms with Gasteiger partial charge in [0.1, 0.15) is 0 Å². The Morgan fingerprint density at radius 3 is 2.47 bits per heavy atom. The van der Waals surface area contributed by atoms with E-state index in [0.717, 1.165) is 0 Å². The lowest BCUT2D eigenvalue weighted by Gasteiger charge is -2.13. The van der Waals surface area contributed by atoms with Gasteiger partial charge >= 0.3 is 6.18 Å². The predicted octanol–water partition coefficient (Wildman–Crippen LogP) is 2.93. The Bertz CT molecular complexity index is 336. The summed E-state index contributed by atoms with van der Waals surface area (Å²) < 4.78 is 37.9. The second-order valence-electron chi connectivity index (χ2n) is 3.06. The van der Waals surface area contributed by atoms with Crippen LogP contribution in [0.15, 0.2) is 23.1 Å². The molecule has 0 atom stereocenters. The molecule has 0 radical (unpaired) electrons. The Morgan fingerprint density at radius 2 is 2.00 bits per heavy atom. The van der Waals surface area contributed by atoms with E-state index in [1.54, 1.807) is 12.3 Å². The fourth-order valence-corrected chi connectivity index (χ4v) is 1.76. The molecule has 0 aliphatic rings. The predicted molar refractivity (Wildman–Crippen MR) is 56.0 cm³/mol.